The van der Waals surface area contributed by atoms with E-state index in [9.17, 15) is 4.79 Å². The van der Waals surface area contributed by atoms with Gasteiger partial charge < -0.3 is 10.1 Å². The Balaban J connectivity index is 2.44. The van der Waals surface area contributed by atoms with Crippen molar-refractivity contribution >= 4 is 11.8 Å². The third-order valence-corrected chi connectivity index (χ3v) is 2.54. The first-order valence-corrected chi connectivity index (χ1v) is 5.79. The summed E-state index contributed by atoms with van der Waals surface area (Å²) in [5.74, 6) is 0.605. The standard InChI is InChI=1S/C10H14N2O2S/c1-2-3-4-5-6-15-10-11-8(13)7-9(14)12-10/h3-4,7H,2,5-6H2,1H3,(H2,11,12,13,14)/b4-3-. The highest BCUT2D eigenvalue weighted by Crippen LogP contribution is 2.14. The summed E-state index contributed by atoms with van der Waals surface area (Å²) >= 11 is 1.42. The molecule has 1 aromatic heterocycles. The van der Waals surface area contributed by atoms with Crippen LogP contribution in [-0.2, 0) is 0 Å². The zero-order valence-corrected chi connectivity index (χ0v) is 9.38. The van der Waals surface area contributed by atoms with Crippen LogP contribution in [0, 0.1) is 0 Å². The lowest BCUT2D eigenvalue weighted by Crippen LogP contribution is -2.06. The van der Waals surface area contributed by atoms with Gasteiger partial charge >= 0.3 is 0 Å². The number of thioether (sulfide) groups is 1. The van der Waals surface area contributed by atoms with E-state index in [0.717, 1.165) is 24.7 Å². The number of aromatic hydroxyl groups is 1. The van der Waals surface area contributed by atoms with Crippen molar-refractivity contribution in [1.82, 2.24) is 9.97 Å². The minimum Gasteiger partial charge on any atom is -0.493 e. The molecule has 0 spiro atoms. The van der Waals surface area contributed by atoms with Crippen molar-refractivity contribution in [2.24, 2.45) is 0 Å². The van der Waals surface area contributed by atoms with Gasteiger partial charge in [-0.15, -0.1) is 0 Å². The predicted octanol–water partition coefficient (Wildman–Crippen LogP) is 1.92. The molecule has 82 valence electrons. The maximum Gasteiger partial charge on any atom is 0.255 e. The Morgan fingerprint density at radius 3 is 3.07 bits per heavy atom. The molecule has 0 radical (unpaired) electrons. The molecule has 2 N–H and O–H groups in total. The maximum atomic E-state index is 11.0. The minimum absolute atomic E-state index is 0.231. The van der Waals surface area contributed by atoms with Crippen LogP contribution in [0.5, 0.6) is 5.88 Å². The SMILES string of the molecule is CC/C=C\CCSc1nc(O)cc(=O)[nH]1. The van der Waals surface area contributed by atoms with Crippen molar-refractivity contribution in [3.8, 4) is 5.88 Å². The number of nitrogens with one attached hydrogen (secondary N) is 1. The van der Waals surface area contributed by atoms with Crippen LogP contribution in [0.2, 0.25) is 0 Å². The van der Waals surface area contributed by atoms with E-state index in [1.165, 1.54) is 11.8 Å². The highest BCUT2D eigenvalue weighted by atomic mass is 32.2. The van der Waals surface area contributed by atoms with Crippen molar-refractivity contribution in [2.45, 2.75) is 24.9 Å². The van der Waals surface area contributed by atoms with Crippen LogP contribution < -0.4 is 5.56 Å². The van der Waals surface area contributed by atoms with Crippen LogP contribution >= 0.6 is 11.8 Å². The van der Waals surface area contributed by atoms with E-state index in [1.54, 1.807) is 0 Å². The van der Waals surface area contributed by atoms with Gasteiger partial charge in [0.1, 0.15) is 0 Å². The molecule has 0 unspecified atom stereocenters. The molecule has 1 heterocycles. The first-order valence-electron chi connectivity index (χ1n) is 4.80. The minimum atomic E-state index is -0.325. The topological polar surface area (TPSA) is 66.0 Å². The fourth-order valence-electron chi connectivity index (χ4n) is 1.000. The fraction of sp³-hybridized carbons (Fsp3) is 0.400. The Hall–Kier alpha value is -1.23. The first kappa shape index (κ1) is 11.8. The molecule has 0 saturated heterocycles. The van der Waals surface area contributed by atoms with Gasteiger partial charge in [0.25, 0.3) is 5.56 Å². The summed E-state index contributed by atoms with van der Waals surface area (Å²) in [4.78, 5) is 17.3. The molecular formula is C10H14N2O2S. The van der Waals surface area contributed by atoms with Gasteiger partial charge in [0, 0.05) is 5.75 Å². The van der Waals surface area contributed by atoms with Gasteiger partial charge in [-0.25, -0.2) is 0 Å². The Morgan fingerprint density at radius 2 is 2.40 bits per heavy atom. The second kappa shape index (κ2) is 6.29. The van der Waals surface area contributed by atoms with E-state index in [2.05, 4.69) is 29.0 Å². The number of allylic oxidation sites excluding steroid dienone is 2. The van der Waals surface area contributed by atoms with Crippen LogP contribution in [-0.4, -0.2) is 20.8 Å². The van der Waals surface area contributed by atoms with Crippen molar-refractivity contribution in [1.29, 1.82) is 0 Å². The highest BCUT2D eigenvalue weighted by molar-refractivity contribution is 7.99. The Labute approximate surface area is 92.4 Å². The summed E-state index contributed by atoms with van der Waals surface area (Å²) in [6.07, 6.45) is 6.15. The summed E-state index contributed by atoms with van der Waals surface area (Å²) < 4.78 is 0. The maximum absolute atomic E-state index is 11.0. The van der Waals surface area contributed by atoms with Gasteiger partial charge in [0.2, 0.25) is 5.88 Å². The lowest BCUT2D eigenvalue weighted by atomic mass is 10.4. The van der Waals surface area contributed by atoms with Crippen molar-refractivity contribution < 1.29 is 5.11 Å². The number of aromatic amines is 1. The third-order valence-electron chi connectivity index (χ3n) is 1.63. The van der Waals surface area contributed by atoms with Crippen molar-refractivity contribution in [3.05, 3.63) is 28.6 Å². The zero-order chi connectivity index (χ0) is 11.1. The second-order valence-corrected chi connectivity index (χ2v) is 4.01. The smallest absolute Gasteiger partial charge is 0.255 e. The van der Waals surface area contributed by atoms with Gasteiger partial charge in [0.05, 0.1) is 6.07 Å². The van der Waals surface area contributed by atoms with E-state index in [1.807, 2.05) is 0 Å². The molecule has 0 fully saturated rings. The molecular weight excluding hydrogens is 212 g/mol. The predicted molar refractivity (Wildman–Crippen MR) is 61.3 cm³/mol. The average Bonchev–Trinajstić information content (AvgIpc) is 2.16. The van der Waals surface area contributed by atoms with Crippen LogP contribution in [0.3, 0.4) is 0 Å². The average molecular weight is 226 g/mol. The molecule has 0 saturated carbocycles. The Morgan fingerprint density at radius 1 is 1.60 bits per heavy atom. The number of rotatable bonds is 5. The lowest BCUT2D eigenvalue weighted by molar-refractivity contribution is 0.444. The third kappa shape index (κ3) is 4.69. The van der Waals surface area contributed by atoms with E-state index in [-0.39, 0.29) is 11.4 Å². The number of H-pyrrole nitrogens is 1. The summed E-state index contributed by atoms with van der Waals surface area (Å²) in [5, 5.41) is 9.54. The molecule has 15 heavy (non-hydrogen) atoms. The number of hydrogen-bond acceptors (Lipinski definition) is 4. The Kier molecular flexibility index (Phi) is 4.97. The quantitative estimate of drug-likeness (QED) is 0.348. The first-order chi connectivity index (χ1) is 7.22. The van der Waals surface area contributed by atoms with Gasteiger partial charge in [0.15, 0.2) is 5.16 Å². The molecule has 1 rings (SSSR count). The van der Waals surface area contributed by atoms with Gasteiger partial charge in [-0.2, -0.15) is 4.98 Å². The zero-order valence-electron chi connectivity index (χ0n) is 8.56. The van der Waals surface area contributed by atoms with E-state index in [0.29, 0.717) is 5.16 Å². The largest absolute Gasteiger partial charge is 0.493 e. The lowest BCUT2D eigenvalue weighted by Gasteiger charge is -1.98. The number of nitrogens with zero attached hydrogens (tertiary/aromatic N) is 1. The molecule has 0 aliphatic heterocycles. The highest BCUT2D eigenvalue weighted by Gasteiger charge is 1.99. The molecule has 0 aliphatic rings. The molecule has 1 aromatic rings. The van der Waals surface area contributed by atoms with Gasteiger partial charge in [-0.1, -0.05) is 30.8 Å². The Bertz CT molecular complexity index is 387. The molecule has 0 aliphatic carbocycles. The van der Waals surface area contributed by atoms with Crippen LogP contribution in [0.1, 0.15) is 19.8 Å². The van der Waals surface area contributed by atoms with E-state index in [4.69, 9.17) is 5.11 Å². The fourth-order valence-corrected chi connectivity index (χ4v) is 1.78. The monoisotopic (exact) mass is 226 g/mol. The second-order valence-electron chi connectivity index (χ2n) is 2.93. The molecule has 0 atom stereocenters. The summed E-state index contributed by atoms with van der Waals surface area (Å²) in [5.41, 5.74) is -0.325. The van der Waals surface area contributed by atoms with Crippen LogP contribution in [0.25, 0.3) is 0 Å². The van der Waals surface area contributed by atoms with E-state index < -0.39 is 0 Å². The molecule has 0 aromatic carbocycles. The van der Waals surface area contributed by atoms with Gasteiger partial charge in [-0.3, -0.25) is 4.79 Å². The normalized spacial score (nSPS) is 11.0. The van der Waals surface area contributed by atoms with Crippen molar-refractivity contribution in [3.63, 3.8) is 0 Å². The van der Waals surface area contributed by atoms with Crippen molar-refractivity contribution in [2.75, 3.05) is 5.75 Å². The molecule has 4 nitrogen and oxygen atoms in total. The van der Waals surface area contributed by atoms with E-state index >= 15 is 0 Å². The molecule has 0 amide bonds. The number of hydrogen-bond donors (Lipinski definition) is 2. The van der Waals surface area contributed by atoms with Crippen LogP contribution in [0.15, 0.2) is 28.2 Å². The molecule has 5 heteroatoms. The van der Waals surface area contributed by atoms with Crippen LogP contribution in [0.4, 0.5) is 0 Å². The number of aromatic nitrogens is 2. The summed E-state index contributed by atoms with van der Waals surface area (Å²) in [7, 11) is 0. The van der Waals surface area contributed by atoms with Gasteiger partial charge in [-0.05, 0) is 12.8 Å². The summed E-state index contributed by atoms with van der Waals surface area (Å²) in [6.45, 7) is 2.08. The summed E-state index contributed by atoms with van der Waals surface area (Å²) in [6, 6.07) is 1.06. The molecule has 0 bridgehead atoms.